The Hall–Kier alpha value is -1.96. The second kappa shape index (κ2) is 6.99. The lowest BCUT2D eigenvalue weighted by molar-refractivity contribution is -0.383. The Bertz CT molecular complexity index is 462. The molecule has 0 aliphatic carbocycles. The van der Waals surface area contributed by atoms with Crippen molar-refractivity contribution in [1.29, 1.82) is 0 Å². The summed E-state index contributed by atoms with van der Waals surface area (Å²) in [5.41, 5.74) is -0.0959. The lowest BCUT2D eigenvalue weighted by Crippen LogP contribution is -2.23. The van der Waals surface area contributed by atoms with Gasteiger partial charge in [-0.15, -0.1) is 0 Å². The molecule has 8 nitrogen and oxygen atoms in total. The molecule has 20 heavy (non-hydrogen) atoms. The Morgan fingerprint density at radius 3 is 2.60 bits per heavy atom. The summed E-state index contributed by atoms with van der Waals surface area (Å²) in [6.07, 6.45) is 3.26. The van der Waals surface area contributed by atoms with Crippen LogP contribution in [0.5, 0.6) is 0 Å². The van der Waals surface area contributed by atoms with Crippen LogP contribution in [0.25, 0.3) is 0 Å². The average Bonchev–Trinajstić information content (AvgIpc) is 2.46. The van der Waals surface area contributed by atoms with Gasteiger partial charge in [-0.3, -0.25) is 10.1 Å². The monoisotopic (exact) mass is 281 g/mol. The molecule has 1 aromatic heterocycles. The van der Waals surface area contributed by atoms with E-state index in [9.17, 15) is 10.1 Å². The quantitative estimate of drug-likeness (QED) is 0.603. The molecule has 8 heteroatoms. The van der Waals surface area contributed by atoms with Crippen molar-refractivity contribution in [3.05, 3.63) is 16.4 Å². The van der Waals surface area contributed by atoms with Gasteiger partial charge in [0, 0.05) is 26.3 Å². The molecule has 1 saturated heterocycles. The zero-order valence-corrected chi connectivity index (χ0v) is 11.5. The summed E-state index contributed by atoms with van der Waals surface area (Å²) < 4.78 is 5.29. The molecule has 2 rings (SSSR count). The van der Waals surface area contributed by atoms with Crippen molar-refractivity contribution < 1.29 is 9.66 Å². The molecular formula is C12H19N5O3. The molecule has 0 spiro atoms. The van der Waals surface area contributed by atoms with Gasteiger partial charge in [-0.2, -0.15) is 0 Å². The summed E-state index contributed by atoms with van der Waals surface area (Å²) in [7, 11) is 0. The van der Waals surface area contributed by atoms with Crippen LogP contribution >= 0.6 is 0 Å². The molecule has 0 aromatic carbocycles. The third kappa shape index (κ3) is 3.53. The lowest BCUT2D eigenvalue weighted by atomic mass is 10.0. The first-order chi connectivity index (χ1) is 9.72. The molecular weight excluding hydrogens is 262 g/mol. The van der Waals surface area contributed by atoms with Gasteiger partial charge in [0.2, 0.25) is 11.6 Å². The lowest BCUT2D eigenvalue weighted by Gasteiger charge is -2.22. The van der Waals surface area contributed by atoms with Crippen LogP contribution in [0.4, 0.5) is 17.3 Å². The normalized spacial score (nSPS) is 15.8. The Kier molecular flexibility index (Phi) is 5.05. The Balaban J connectivity index is 2.09. The van der Waals surface area contributed by atoms with Gasteiger partial charge in [0.25, 0.3) is 0 Å². The Labute approximate surface area is 117 Å². The largest absolute Gasteiger partial charge is 0.381 e. The number of anilines is 2. The van der Waals surface area contributed by atoms with Crippen molar-refractivity contribution in [3.63, 3.8) is 0 Å². The van der Waals surface area contributed by atoms with Crippen molar-refractivity contribution in [2.75, 3.05) is 36.9 Å². The predicted molar refractivity (Wildman–Crippen MR) is 74.9 cm³/mol. The van der Waals surface area contributed by atoms with Crippen LogP contribution in [0.3, 0.4) is 0 Å². The van der Waals surface area contributed by atoms with Crippen LogP contribution in [0.1, 0.15) is 19.8 Å². The molecule has 0 saturated carbocycles. The first kappa shape index (κ1) is 14.4. The molecule has 0 atom stereocenters. The molecule has 2 heterocycles. The van der Waals surface area contributed by atoms with Crippen molar-refractivity contribution in [1.82, 2.24) is 9.97 Å². The van der Waals surface area contributed by atoms with E-state index in [4.69, 9.17) is 4.74 Å². The molecule has 0 radical (unpaired) electrons. The number of nitrogens with one attached hydrogen (secondary N) is 2. The summed E-state index contributed by atoms with van der Waals surface area (Å²) in [5, 5.41) is 17.2. The number of rotatable bonds is 6. The zero-order valence-electron chi connectivity index (χ0n) is 11.5. The van der Waals surface area contributed by atoms with Crippen molar-refractivity contribution in [3.8, 4) is 0 Å². The molecule has 0 amide bonds. The molecule has 0 bridgehead atoms. The van der Waals surface area contributed by atoms with E-state index < -0.39 is 4.92 Å². The highest BCUT2D eigenvalue weighted by Gasteiger charge is 2.23. The van der Waals surface area contributed by atoms with Gasteiger partial charge in [-0.05, 0) is 25.7 Å². The van der Waals surface area contributed by atoms with E-state index in [1.807, 2.05) is 6.92 Å². The number of ether oxygens (including phenoxy) is 1. The first-order valence-corrected chi connectivity index (χ1v) is 6.77. The smallest absolute Gasteiger partial charge is 0.353 e. The number of nitro groups is 1. The fourth-order valence-electron chi connectivity index (χ4n) is 2.17. The third-order valence-corrected chi connectivity index (χ3v) is 3.25. The van der Waals surface area contributed by atoms with E-state index in [1.165, 1.54) is 6.33 Å². The van der Waals surface area contributed by atoms with E-state index in [-0.39, 0.29) is 17.3 Å². The van der Waals surface area contributed by atoms with Gasteiger partial charge in [0.05, 0.1) is 4.92 Å². The van der Waals surface area contributed by atoms with Gasteiger partial charge in [0.1, 0.15) is 6.33 Å². The summed E-state index contributed by atoms with van der Waals surface area (Å²) in [6, 6.07) is 0. The Morgan fingerprint density at radius 2 is 2.00 bits per heavy atom. The maximum absolute atomic E-state index is 11.2. The Morgan fingerprint density at radius 1 is 1.35 bits per heavy atom. The topological polar surface area (TPSA) is 102 Å². The fourth-order valence-corrected chi connectivity index (χ4v) is 2.17. The first-order valence-electron chi connectivity index (χ1n) is 6.77. The van der Waals surface area contributed by atoms with Crippen molar-refractivity contribution in [2.24, 2.45) is 5.92 Å². The van der Waals surface area contributed by atoms with E-state index in [1.54, 1.807) is 0 Å². The van der Waals surface area contributed by atoms with Crippen LogP contribution in [-0.2, 0) is 4.74 Å². The van der Waals surface area contributed by atoms with Crippen molar-refractivity contribution >= 4 is 17.3 Å². The highest BCUT2D eigenvalue weighted by Crippen LogP contribution is 2.29. The highest BCUT2D eigenvalue weighted by molar-refractivity contribution is 5.69. The third-order valence-electron chi connectivity index (χ3n) is 3.25. The summed E-state index contributed by atoms with van der Waals surface area (Å²) >= 11 is 0. The van der Waals surface area contributed by atoms with E-state index in [2.05, 4.69) is 20.6 Å². The molecule has 1 aliphatic rings. The van der Waals surface area contributed by atoms with Crippen LogP contribution in [0, 0.1) is 16.0 Å². The number of hydrogen-bond acceptors (Lipinski definition) is 7. The molecule has 110 valence electrons. The molecule has 1 aromatic rings. The van der Waals surface area contributed by atoms with E-state index >= 15 is 0 Å². The number of aromatic nitrogens is 2. The second-order valence-corrected chi connectivity index (χ2v) is 4.64. The van der Waals surface area contributed by atoms with Crippen LogP contribution in [0.15, 0.2) is 6.33 Å². The number of nitrogens with zero attached hydrogens (tertiary/aromatic N) is 3. The van der Waals surface area contributed by atoms with Gasteiger partial charge in [-0.25, -0.2) is 9.97 Å². The second-order valence-electron chi connectivity index (χ2n) is 4.64. The maximum atomic E-state index is 11.2. The molecule has 2 N–H and O–H groups in total. The maximum Gasteiger partial charge on any atom is 0.353 e. The molecule has 0 unspecified atom stereocenters. The minimum absolute atomic E-state index is 0.0959. The van der Waals surface area contributed by atoms with Crippen LogP contribution in [0.2, 0.25) is 0 Å². The van der Waals surface area contributed by atoms with Gasteiger partial charge >= 0.3 is 5.69 Å². The molecule has 1 fully saturated rings. The van der Waals surface area contributed by atoms with Crippen molar-refractivity contribution in [2.45, 2.75) is 19.8 Å². The molecule has 1 aliphatic heterocycles. The highest BCUT2D eigenvalue weighted by atomic mass is 16.6. The summed E-state index contributed by atoms with van der Waals surface area (Å²) in [5.74, 6) is 0.982. The minimum Gasteiger partial charge on any atom is -0.381 e. The van der Waals surface area contributed by atoms with Gasteiger partial charge < -0.3 is 15.4 Å². The summed E-state index contributed by atoms with van der Waals surface area (Å²) in [4.78, 5) is 18.7. The average molecular weight is 281 g/mol. The van der Waals surface area contributed by atoms with Gasteiger partial charge in [0.15, 0.2) is 0 Å². The van der Waals surface area contributed by atoms with Crippen LogP contribution in [-0.4, -0.2) is 41.2 Å². The standard InChI is InChI=1S/C12H19N5O3/c1-2-13-11-10(17(18)19)12(16-8-15-11)14-7-9-3-5-20-6-4-9/h8-9H,2-7H2,1H3,(H2,13,14,15,16). The van der Waals surface area contributed by atoms with Crippen LogP contribution < -0.4 is 10.6 Å². The SMILES string of the molecule is CCNc1ncnc(NCC2CCOCC2)c1[N+](=O)[O-]. The predicted octanol–water partition coefficient (Wildman–Crippen LogP) is 1.66. The number of hydrogen-bond donors (Lipinski definition) is 2. The minimum atomic E-state index is -0.454. The van der Waals surface area contributed by atoms with E-state index in [0.717, 1.165) is 26.1 Å². The zero-order chi connectivity index (χ0) is 14.4. The van der Waals surface area contributed by atoms with E-state index in [0.29, 0.717) is 19.0 Å². The summed E-state index contributed by atoms with van der Waals surface area (Å²) in [6.45, 7) is 4.59. The fraction of sp³-hybridized carbons (Fsp3) is 0.667. The van der Waals surface area contributed by atoms with Gasteiger partial charge in [-0.1, -0.05) is 0 Å².